The SMILES string of the molecule is CCc1ccc(-c2ccc3c(c2)CC(F)(F)C3)cc1. The lowest BCUT2D eigenvalue weighted by Crippen LogP contribution is -2.14. The number of alkyl halides is 2. The van der Waals surface area contributed by atoms with E-state index < -0.39 is 5.92 Å². The summed E-state index contributed by atoms with van der Waals surface area (Å²) in [5.74, 6) is -2.56. The summed E-state index contributed by atoms with van der Waals surface area (Å²) in [7, 11) is 0. The van der Waals surface area contributed by atoms with Crippen LogP contribution in [0.25, 0.3) is 11.1 Å². The molecular formula is C17H16F2. The van der Waals surface area contributed by atoms with Crippen molar-refractivity contribution >= 4 is 0 Å². The van der Waals surface area contributed by atoms with Crippen LogP contribution in [0.4, 0.5) is 8.78 Å². The minimum Gasteiger partial charge on any atom is -0.206 e. The summed E-state index contributed by atoms with van der Waals surface area (Å²) in [6.07, 6.45) is 0.775. The Kier molecular flexibility index (Phi) is 2.89. The average Bonchev–Trinajstić information content (AvgIpc) is 2.71. The van der Waals surface area contributed by atoms with Gasteiger partial charge in [0.15, 0.2) is 0 Å². The molecule has 0 radical (unpaired) electrons. The lowest BCUT2D eigenvalue weighted by Gasteiger charge is -2.06. The summed E-state index contributed by atoms with van der Waals surface area (Å²) in [5.41, 5.74) is 4.99. The van der Waals surface area contributed by atoms with Crippen LogP contribution in [-0.4, -0.2) is 5.92 Å². The molecule has 0 unspecified atom stereocenters. The molecule has 19 heavy (non-hydrogen) atoms. The van der Waals surface area contributed by atoms with E-state index in [0.717, 1.165) is 28.7 Å². The van der Waals surface area contributed by atoms with Gasteiger partial charge in [-0.2, -0.15) is 0 Å². The zero-order valence-electron chi connectivity index (χ0n) is 10.9. The first-order valence-electron chi connectivity index (χ1n) is 6.66. The van der Waals surface area contributed by atoms with E-state index in [0.29, 0.717) is 0 Å². The smallest absolute Gasteiger partial charge is 0.206 e. The van der Waals surface area contributed by atoms with E-state index >= 15 is 0 Å². The first kappa shape index (κ1) is 12.3. The highest BCUT2D eigenvalue weighted by Gasteiger charge is 2.37. The van der Waals surface area contributed by atoms with E-state index in [1.54, 1.807) is 0 Å². The van der Waals surface area contributed by atoms with Gasteiger partial charge in [0, 0.05) is 12.8 Å². The van der Waals surface area contributed by atoms with Gasteiger partial charge in [-0.1, -0.05) is 49.4 Å². The number of fused-ring (bicyclic) bond motifs is 1. The van der Waals surface area contributed by atoms with Gasteiger partial charge in [0.25, 0.3) is 5.92 Å². The summed E-state index contributed by atoms with van der Waals surface area (Å²) in [5, 5.41) is 0. The second-order valence-corrected chi connectivity index (χ2v) is 5.24. The number of halogens is 2. The van der Waals surface area contributed by atoms with E-state index in [9.17, 15) is 8.78 Å². The third kappa shape index (κ3) is 2.40. The van der Waals surface area contributed by atoms with E-state index in [-0.39, 0.29) is 12.8 Å². The Labute approximate surface area is 112 Å². The van der Waals surface area contributed by atoms with Crippen LogP contribution in [-0.2, 0) is 19.3 Å². The molecule has 0 saturated carbocycles. The molecule has 1 aliphatic carbocycles. The maximum Gasteiger partial charge on any atom is 0.256 e. The number of rotatable bonds is 2. The first-order valence-corrected chi connectivity index (χ1v) is 6.66. The molecule has 0 fully saturated rings. The number of aryl methyl sites for hydroxylation is 1. The van der Waals surface area contributed by atoms with Crippen LogP contribution in [0.3, 0.4) is 0 Å². The summed E-state index contributed by atoms with van der Waals surface area (Å²) in [6.45, 7) is 2.12. The van der Waals surface area contributed by atoms with Crippen molar-refractivity contribution in [1.82, 2.24) is 0 Å². The number of hydrogen-bond acceptors (Lipinski definition) is 0. The molecule has 1 aliphatic rings. The minimum atomic E-state index is -2.56. The molecule has 0 spiro atoms. The van der Waals surface area contributed by atoms with Crippen molar-refractivity contribution in [2.24, 2.45) is 0 Å². The highest BCUT2D eigenvalue weighted by Crippen LogP contribution is 2.36. The van der Waals surface area contributed by atoms with Gasteiger partial charge in [0.05, 0.1) is 0 Å². The van der Waals surface area contributed by atoms with Crippen molar-refractivity contribution in [3.8, 4) is 11.1 Å². The van der Waals surface area contributed by atoms with Gasteiger partial charge in [-0.05, 0) is 34.2 Å². The van der Waals surface area contributed by atoms with Crippen LogP contribution < -0.4 is 0 Å². The van der Waals surface area contributed by atoms with Gasteiger partial charge in [-0.25, -0.2) is 8.78 Å². The van der Waals surface area contributed by atoms with Gasteiger partial charge in [-0.3, -0.25) is 0 Å². The molecule has 0 nitrogen and oxygen atoms in total. The fourth-order valence-electron chi connectivity index (χ4n) is 2.70. The summed E-state index contributed by atoms with van der Waals surface area (Å²) >= 11 is 0. The predicted molar refractivity (Wildman–Crippen MR) is 73.6 cm³/mol. The van der Waals surface area contributed by atoms with Crippen LogP contribution >= 0.6 is 0 Å². The monoisotopic (exact) mass is 258 g/mol. The maximum atomic E-state index is 13.4. The molecule has 0 aliphatic heterocycles. The van der Waals surface area contributed by atoms with E-state index in [1.165, 1.54) is 5.56 Å². The quantitative estimate of drug-likeness (QED) is 0.735. The molecule has 0 N–H and O–H groups in total. The second kappa shape index (κ2) is 4.44. The van der Waals surface area contributed by atoms with Crippen molar-refractivity contribution in [1.29, 1.82) is 0 Å². The van der Waals surface area contributed by atoms with E-state index in [2.05, 4.69) is 31.2 Å². The van der Waals surface area contributed by atoms with Gasteiger partial charge in [0.1, 0.15) is 0 Å². The molecular weight excluding hydrogens is 242 g/mol. The van der Waals surface area contributed by atoms with Gasteiger partial charge >= 0.3 is 0 Å². The highest BCUT2D eigenvalue weighted by molar-refractivity contribution is 5.65. The van der Waals surface area contributed by atoms with Gasteiger partial charge < -0.3 is 0 Å². The minimum absolute atomic E-state index is 0.114. The van der Waals surface area contributed by atoms with Crippen molar-refractivity contribution in [2.45, 2.75) is 32.1 Å². The molecule has 2 heteroatoms. The topological polar surface area (TPSA) is 0 Å². The van der Waals surface area contributed by atoms with E-state index in [1.807, 2.05) is 18.2 Å². The lowest BCUT2D eigenvalue weighted by molar-refractivity contribution is 0.0130. The summed E-state index contributed by atoms with van der Waals surface area (Å²) < 4.78 is 26.7. The third-order valence-electron chi connectivity index (χ3n) is 3.80. The number of hydrogen-bond donors (Lipinski definition) is 0. The van der Waals surface area contributed by atoms with E-state index in [4.69, 9.17) is 0 Å². The Morgan fingerprint density at radius 1 is 0.895 bits per heavy atom. The predicted octanol–water partition coefficient (Wildman–Crippen LogP) is 4.65. The van der Waals surface area contributed by atoms with Gasteiger partial charge in [0.2, 0.25) is 0 Å². The van der Waals surface area contributed by atoms with Crippen molar-refractivity contribution in [3.05, 3.63) is 59.2 Å². The van der Waals surface area contributed by atoms with Crippen LogP contribution in [0.5, 0.6) is 0 Å². The Balaban J connectivity index is 1.95. The molecule has 0 amide bonds. The van der Waals surface area contributed by atoms with Crippen LogP contribution in [0.2, 0.25) is 0 Å². The highest BCUT2D eigenvalue weighted by atomic mass is 19.3. The summed E-state index contributed by atoms with van der Waals surface area (Å²) in [4.78, 5) is 0. The van der Waals surface area contributed by atoms with Crippen molar-refractivity contribution in [3.63, 3.8) is 0 Å². The van der Waals surface area contributed by atoms with Crippen LogP contribution in [0.15, 0.2) is 42.5 Å². The van der Waals surface area contributed by atoms with Crippen LogP contribution in [0.1, 0.15) is 23.6 Å². The van der Waals surface area contributed by atoms with Crippen molar-refractivity contribution < 1.29 is 8.78 Å². The lowest BCUT2D eigenvalue weighted by atomic mass is 9.99. The molecule has 0 heterocycles. The molecule has 0 bridgehead atoms. The zero-order chi connectivity index (χ0) is 13.5. The summed E-state index contributed by atoms with van der Waals surface area (Å²) in [6, 6.07) is 14.0. The third-order valence-corrected chi connectivity index (χ3v) is 3.80. The maximum absolute atomic E-state index is 13.4. The first-order chi connectivity index (χ1) is 9.07. The average molecular weight is 258 g/mol. The Morgan fingerprint density at radius 2 is 1.53 bits per heavy atom. The molecule has 0 atom stereocenters. The normalized spacial score (nSPS) is 16.4. The van der Waals surface area contributed by atoms with Crippen LogP contribution in [0, 0.1) is 0 Å². The molecule has 0 aromatic heterocycles. The Bertz CT molecular complexity index is 597. The Hall–Kier alpha value is -1.70. The molecule has 98 valence electrons. The van der Waals surface area contributed by atoms with Crippen molar-refractivity contribution in [2.75, 3.05) is 0 Å². The standard InChI is InChI=1S/C17H16F2/c1-2-12-3-5-13(6-4-12)14-7-8-15-10-17(18,19)11-16(15)9-14/h3-9H,2,10-11H2,1H3. The molecule has 0 saturated heterocycles. The number of benzene rings is 2. The fraction of sp³-hybridized carbons (Fsp3) is 0.294. The largest absolute Gasteiger partial charge is 0.256 e. The van der Waals surface area contributed by atoms with Gasteiger partial charge in [-0.15, -0.1) is 0 Å². The zero-order valence-corrected chi connectivity index (χ0v) is 10.9. The Morgan fingerprint density at radius 3 is 2.21 bits per heavy atom. The molecule has 3 rings (SSSR count). The fourth-order valence-corrected chi connectivity index (χ4v) is 2.70. The second-order valence-electron chi connectivity index (χ2n) is 5.24. The molecule has 2 aromatic carbocycles. The molecule has 2 aromatic rings.